The second-order valence-corrected chi connectivity index (χ2v) is 6.96. The summed E-state index contributed by atoms with van der Waals surface area (Å²) < 4.78 is 4.71. The van der Waals surface area contributed by atoms with Crippen molar-refractivity contribution in [3.63, 3.8) is 0 Å². The summed E-state index contributed by atoms with van der Waals surface area (Å²) in [5.74, 6) is -1.07. The van der Waals surface area contributed by atoms with E-state index in [4.69, 9.17) is 16.3 Å². The van der Waals surface area contributed by atoms with Crippen LogP contribution in [0.1, 0.15) is 34.7 Å². The van der Waals surface area contributed by atoms with E-state index in [-0.39, 0.29) is 21.5 Å². The van der Waals surface area contributed by atoms with Crippen LogP contribution >= 0.6 is 23.4 Å². The molecule has 24 heavy (non-hydrogen) atoms. The van der Waals surface area contributed by atoms with Crippen LogP contribution in [0.4, 0.5) is 5.69 Å². The first kappa shape index (κ1) is 18.2. The monoisotopic (exact) mass is 365 g/mol. The molecule has 0 unspecified atom stereocenters. The number of nitrogens with zero attached hydrogens (tertiary/aromatic N) is 2. The zero-order valence-electron chi connectivity index (χ0n) is 13.4. The van der Waals surface area contributed by atoms with E-state index in [1.54, 1.807) is 24.3 Å². The molecular weight excluding hydrogens is 350 g/mol. The third kappa shape index (κ3) is 4.46. The van der Waals surface area contributed by atoms with Crippen LogP contribution in [0.25, 0.3) is 0 Å². The number of esters is 1. The average molecular weight is 366 g/mol. The lowest BCUT2D eigenvalue weighted by molar-refractivity contribution is 0.0602. The van der Waals surface area contributed by atoms with Crippen molar-refractivity contribution in [1.82, 2.24) is 9.97 Å². The molecule has 1 heterocycles. The molecule has 126 valence electrons. The van der Waals surface area contributed by atoms with E-state index >= 15 is 0 Å². The number of nitrogens with one attached hydrogen (secondary N) is 1. The van der Waals surface area contributed by atoms with Crippen molar-refractivity contribution in [1.29, 1.82) is 0 Å². The summed E-state index contributed by atoms with van der Waals surface area (Å²) in [6, 6.07) is 6.53. The van der Waals surface area contributed by atoms with E-state index in [2.05, 4.69) is 15.3 Å². The molecule has 1 aromatic heterocycles. The molecule has 0 spiro atoms. The number of halogens is 1. The Labute approximate surface area is 149 Å². The predicted molar refractivity (Wildman–Crippen MR) is 93.8 cm³/mol. The molecule has 1 amide bonds. The molecule has 0 fully saturated rings. The van der Waals surface area contributed by atoms with Gasteiger partial charge in [0.05, 0.1) is 29.6 Å². The summed E-state index contributed by atoms with van der Waals surface area (Å²) in [4.78, 5) is 32.5. The quantitative estimate of drug-likeness (QED) is 0.494. The number of carbonyl (C=O) groups is 2. The predicted octanol–water partition coefficient (Wildman–Crippen LogP) is 3.67. The van der Waals surface area contributed by atoms with Gasteiger partial charge >= 0.3 is 5.97 Å². The Hall–Kier alpha value is -2.12. The van der Waals surface area contributed by atoms with Crippen LogP contribution in [-0.4, -0.2) is 34.2 Å². The fourth-order valence-corrected chi connectivity index (χ4v) is 2.70. The molecule has 0 aliphatic rings. The van der Waals surface area contributed by atoms with E-state index in [0.717, 1.165) is 0 Å². The summed E-state index contributed by atoms with van der Waals surface area (Å²) in [6.45, 7) is 3.99. The molecule has 0 atom stereocenters. The van der Waals surface area contributed by atoms with Crippen LogP contribution in [0.15, 0.2) is 35.6 Å². The topological polar surface area (TPSA) is 81.2 Å². The Morgan fingerprint density at radius 1 is 1.29 bits per heavy atom. The van der Waals surface area contributed by atoms with Gasteiger partial charge in [0.1, 0.15) is 0 Å². The summed E-state index contributed by atoms with van der Waals surface area (Å²) in [6.07, 6.45) is 1.39. The second kappa shape index (κ2) is 8.12. The highest BCUT2D eigenvalue weighted by molar-refractivity contribution is 7.99. The van der Waals surface area contributed by atoms with Gasteiger partial charge in [-0.3, -0.25) is 4.79 Å². The number of thioether (sulfide) groups is 1. The molecular formula is C16H16ClN3O3S. The number of benzene rings is 1. The number of hydrogen-bond donors (Lipinski definition) is 1. The lowest BCUT2D eigenvalue weighted by Crippen LogP contribution is -2.17. The molecule has 8 heteroatoms. The molecule has 0 saturated carbocycles. The molecule has 1 N–H and O–H groups in total. The van der Waals surface area contributed by atoms with Crippen LogP contribution in [0, 0.1) is 0 Å². The SMILES string of the molecule is COC(=O)c1ccccc1NC(=O)c1nc(SC(C)C)ncc1Cl. The minimum Gasteiger partial charge on any atom is -0.465 e. The number of para-hydroxylation sites is 1. The average Bonchev–Trinajstić information content (AvgIpc) is 2.56. The number of rotatable bonds is 5. The number of ether oxygens (including phenoxy) is 1. The van der Waals surface area contributed by atoms with Crippen molar-refractivity contribution in [2.24, 2.45) is 0 Å². The van der Waals surface area contributed by atoms with Gasteiger partial charge in [-0.1, -0.05) is 49.3 Å². The lowest BCUT2D eigenvalue weighted by atomic mass is 10.1. The Kier molecular flexibility index (Phi) is 6.16. The van der Waals surface area contributed by atoms with Gasteiger partial charge in [-0.25, -0.2) is 14.8 Å². The van der Waals surface area contributed by atoms with E-state index in [9.17, 15) is 9.59 Å². The number of methoxy groups -OCH3 is 1. The van der Waals surface area contributed by atoms with Crippen molar-refractivity contribution in [2.45, 2.75) is 24.3 Å². The third-order valence-electron chi connectivity index (χ3n) is 2.86. The van der Waals surface area contributed by atoms with Crippen LogP contribution < -0.4 is 5.32 Å². The van der Waals surface area contributed by atoms with Gasteiger partial charge < -0.3 is 10.1 Å². The first-order valence-electron chi connectivity index (χ1n) is 7.10. The van der Waals surface area contributed by atoms with Gasteiger partial charge in [0.2, 0.25) is 0 Å². The van der Waals surface area contributed by atoms with Gasteiger partial charge in [-0.05, 0) is 12.1 Å². The van der Waals surface area contributed by atoms with Crippen LogP contribution in [0.2, 0.25) is 5.02 Å². The highest BCUT2D eigenvalue weighted by Crippen LogP contribution is 2.23. The molecule has 0 radical (unpaired) electrons. The minimum absolute atomic E-state index is 0.0504. The normalized spacial score (nSPS) is 10.5. The number of amides is 1. The molecule has 2 rings (SSSR count). The molecule has 0 saturated heterocycles. The fourth-order valence-electron chi connectivity index (χ4n) is 1.84. The van der Waals surface area contributed by atoms with Crippen LogP contribution in [0.5, 0.6) is 0 Å². The highest BCUT2D eigenvalue weighted by Gasteiger charge is 2.18. The summed E-state index contributed by atoms with van der Waals surface area (Å²) >= 11 is 7.46. The number of aromatic nitrogens is 2. The molecule has 1 aromatic carbocycles. The zero-order chi connectivity index (χ0) is 17.7. The molecule has 2 aromatic rings. The van der Waals surface area contributed by atoms with Crippen molar-refractivity contribution < 1.29 is 14.3 Å². The largest absolute Gasteiger partial charge is 0.465 e. The van der Waals surface area contributed by atoms with E-state index < -0.39 is 11.9 Å². The van der Waals surface area contributed by atoms with Crippen LogP contribution in [0.3, 0.4) is 0 Å². The summed E-state index contributed by atoms with van der Waals surface area (Å²) in [5.41, 5.74) is 0.617. The number of carbonyl (C=O) groups excluding carboxylic acids is 2. The van der Waals surface area contributed by atoms with Crippen molar-refractivity contribution in [3.05, 3.63) is 46.7 Å². The lowest BCUT2D eigenvalue weighted by Gasteiger charge is -2.11. The van der Waals surface area contributed by atoms with Gasteiger partial charge in [-0.15, -0.1) is 0 Å². The molecule has 0 aliphatic carbocycles. The zero-order valence-corrected chi connectivity index (χ0v) is 14.9. The molecule has 6 nitrogen and oxygen atoms in total. The maximum absolute atomic E-state index is 12.5. The Morgan fingerprint density at radius 2 is 2.00 bits per heavy atom. The highest BCUT2D eigenvalue weighted by atomic mass is 35.5. The fraction of sp³-hybridized carbons (Fsp3) is 0.250. The Morgan fingerprint density at radius 3 is 2.67 bits per heavy atom. The van der Waals surface area contributed by atoms with Gasteiger partial charge in [0.25, 0.3) is 5.91 Å². The first-order chi connectivity index (χ1) is 11.4. The van der Waals surface area contributed by atoms with Gasteiger partial charge in [0.15, 0.2) is 10.9 Å². The van der Waals surface area contributed by atoms with E-state index in [0.29, 0.717) is 10.8 Å². The minimum atomic E-state index is -0.546. The van der Waals surface area contributed by atoms with Crippen molar-refractivity contribution in [2.75, 3.05) is 12.4 Å². The van der Waals surface area contributed by atoms with Crippen LogP contribution in [-0.2, 0) is 4.74 Å². The van der Waals surface area contributed by atoms with E-state index in [1.165, 1.54) is 25.1 Å². The summed E-state index contributed by atoms with van der Waals surface area (Å²) in [7, 11) is 1.28. The molecule has 0 aliphatic heterocycles. The van der Waals surface area contributed by atoms with Gasteiger partial charge in [-0.2, -0.15) is 0 Å². The second-order valence-electron chi connectivity index (χ2n) is 5.01. The molecule has 0 bridgehead atoms. The Bertz CT molecular complexity index is 768. The smallest absolute Gasteiger partial charge is 0.339 e. The Balaban J connectivity index is 2.29. The van der Waals surface area contributed by atoms with E-state index in [1.807, 2.05) is 13.8 Å². The van der Waals surface area contributed by atoms with Gasteiger partial charge in [0, 0.05) is 5.25 Å². The van der Waals surface area contributed by atoms with Crippen molar-refractivity contribution >= 4 is 40.9 Å². The number of hydrogen-bond acceptors (Lipinski definition) is 6. The number of anilines is 1. The third-order valence-corrected chi connectivity index (χ3v) is 4.01. The maximum atomic E-state index is 12.5. The first-order valence-corrected chi connectivity index (χ1v) is 8.36. The summed E-state index contributed by atoms with van der Waals surface area (Å²) in [5, 5.41) is 3.50. The maximum Gasteiger partial charge on any atom is 0.339 e. The standard InChI is InChI=1S/C16H16ClN3O3S/c1-9(2)24-16-18-8-11(17)13(20-16)14(21)19-12-7-5-4-6-10(12)15(22)23-3/h4-9H,1-3H3,(H,19,21). The van der Waals surface area contributed by atoms with Crippen molar-refractivity contribution in [3.8, 4) is 0 Å².